The number of hydrogen-bond donors (Lipinski definition) is 7. The van der Waals surface area contributed by atoms with Gasteiger partial charge in [-0.15, -0.1) is 0 Å². The first-order valence-corrected chi connectivity index (χ1v) is 12.2. The van der Waals surface area contributed by atoms with Crippen molar-refractivity contribution in [1.82, 2.24) is 0 Å². The molecule has 0 amide bonds. The number of phenolic OH excluding ortho intramolecular Hbond substituents is 2. The summed E-state index contributed by atoms with van der Waals surface area (Å²) < 4.78 is 16.7. The number of aliphatic carboxylic acids is 1. The molecule has 1 saturated heterocycles. The molecule has 1 aromatic heterocycles. The lowest BCUT2D eigenvalue weighted by molar-refractivity contribution is -0.277. The van der Waals surface area contributed by atoms with E-state index in [2.05, 4.69) is 0 Å². The number of rotatable bonds is 9. The van der Waals surface area contributed by atoms with Crippen LogP contribution in [0.4, 0.5) is 0 Å². The molecule has 0 unspecified atom stereocenters. The van der Waals surface area contributed by atoms with E-state index in [-0.39, 0.29) is 28.6 Å². The van der Waals surface area contributed by atoms with E-state index in [9.17, 15) is 45.3 Å². The first kappa shape index (κ1) is 28.8. The lowest BCUT2D eigenvalue weighted by Crippen LogP contribution is -2.60. The Balaban J connectivity index is 1.81. The van der Waals surface area contributed by atoms with Crippen LogP contribution in [0.2, 0.25) is 0 Å². The topological polar surface area (TPSA) is 207 Å². The fraction of sp³-hybridized carbons (Fsp3) is 0.286. The molecule has 1 aliphatic rings. The minimum Gasteiger partial charge on any atom is -0.508 e. The van der Waals surface area contributed by atoms with Crippen molar-refractivity contribution < 1.29 is 54.4 Å². The van der Waals surface area contributed by atoms with E-state index in [4.69, 9.17) is 13.9 Å². The van der Waals surface area contributed by atoms with Crippen LogP contribution in [-0.4, -0.2) is 79.0 Å². The van der Waals surface area contributed by atoms with E-state index in [0.29, 0.717) is 11.1 Å². The predicted molar refractivity (Wildman–Crippen MR) is 139 cm³/mol. The first-order chi connectivity index (χ1) is 19.1. The summed E-state index contributed by atoms with van der Waals surface area (Å²) in [4.78, 5) is 25.1. The zero-order valence-corrected chi connectivity index (χ0v) is 20.9. The summed E-state index contributed by atoms with van der Waals surface area (Å²) in [5.41, 5.74) is -0.231. The van der Waals surface area contributed by atoms with E-state index in [1.165, 1.54) is 48.5 Å². The van der Waals surface area contributed by atoms with Crippen LogP contribution < -0.4 is 10.4 Å². The summed E-state index contributed by atoms with van der Waals surface area (Å²) in [5.74, 6) is -2.69. The van der Waals surface area contributed by atoms with Crippen molar-refractivity contribution in [2.45, 2.75) is 43.0 Å². The van der Waals surface area contributed by atoms with E-state index in [1.54, 1.807) is 18.2 Å². The molecule has 0 radical (unpaired) electrons. The summed E-state index contributed by atoms with van der Waals surface area (Å²) in [6.45, 7) is -0.718. The van der Waals surface area contributed by atoms with Gasteiger partial charge < -0.3 is 49.6 Å². The van der Waals surface area contributed by atoms with Crippen molar-refractivity contribution >= 4 is 18.1 Å². The molecule has 0 bridgehead atoms. The highest BCUT2D eigenvalue weighted by Gasteiger charge is 2.45. The minimum atomic E-state index is -1.81. The predicted octanol–water partition coefficient (Wildman–Crippen LogP) is 1.01. The standard InChI is InChI=1S/C28H28O12/c29-13-21-24(34)25(35)26(36)28(40-21)39-20-11-18(10-3-14-1-6-16(30)7-2-14)38-27(37)23(20)19(12-22(32)33)15-4-8-17(31)9-5-15/h1-11,19,21,24-26,28-31,34-36H,12-13H2,(H,32,33)/t19-,21-,24-,25+,26-,28-/m1/s1. The number of carbonyl (C=O) groups is 1. The Labute approximate surface area is 227 Å². The molecular formula is C28H28O12. The molecule has 1 fully saturated rings. The van der Waals surface area contributed by atoms with Crippen molar-refractivity contribution in [1.29, 1.82) is 0 Å². The maximum atomic E-state index is 13.4. The van der Waals surface area contributed by atoms with Gasteiger partial charge in [0, 0.05) is 12.0 Å². The van der Waals surface area contributed by atoms with E-state index < -0.39 is 61.2 Å². The molecular weight excluding hydrogens is 528 g/mol. The Bertz CT molecular complexity index is 1390. The third kappa shape index (κ3) is 6.50. The van der Waals surface area contributed by atoms with Crippen molar-refractivity contribution in [3.63, 3.8) is 0 Å². The number of hydrogen-bond acceptors (Lipinski definition) is 11. The number of aromatic hydroxyl groups is 2. The Kier molecular flexibility index (Phi) is 8.87. The van der Waals surface area contributed by atoms with Gasteiger partial charge in [0.2, 0.25) is 6.29 Å². The molecule has 2 heterocycles. The number of carboxylic acids is 1. The molecule has 0 spiro atoms. The van der Waals surface area contributed by atoms with Crippen LogP contribution in [0.25, 0.3) is 12.2 Å². The molecule has 12 nitrogen and oxygen atoms in total. The molecule has 4 rings (SSSR count). The van der Waals surface area contributed by atoms with Crippen LogP contribution in [0.5, 0.6) is 17.2 Å². The molecule has 0 saturated carbocycles. The smallest absolute Gasteiger partial charge is 0.343 e. The Hall–Kier alpha value is -4.20. The summed E-state index contributed by atoms with van der Waals surface area (Å²) >= 11 is 0. The maximum Gasteiger partial charge on any atom is 0.343 e. The average Bonchev–Trinajstić information content (AvgIpc) is 2.92. The van der Waals surface area contributed by atoms with Gasteiger partial charge in [-0.3, -0.25) is 4.79 Å². The van der Waals surface area contributed by atoms with Crippen LogP contribution in [0.15, 0.2) is 63.8 Å². The Morgan fingerprint density at radius 3 is 2.15 bits per heavy atom. The molecule has 12 heteroatoms. The fourth-order valence-corrected chi connectivity index (χ4v) is 4.31. The zero-order valence-electron chi connectivity index (χ0n) is 20.9. The monoisotopic (exact) mass is 556 g/mol. The van der Waals surface area contributed by atoms with Crippen LogP contribution >= 0.6 is 0 Å². The van der Waals surface area contributed by atoms with E-state index in [1.807, 2.05) is 0 Å². The van der Waals surface area contributed by atoms with Crippen molar-refractivity contribution in [3.05, 3.63) is 87.5 Å². The highest BCUT2D eigenvalue weighted by atomic mass is 16.7. The summed E-state index contributed by atoms with van der Waals surface area (Å²) in [6, 6.07) is 12.9. The number of aliphatic hydroxyl groups is 4. The fourth-order valence-electron chi connectivity index (χ4n) is 4.31. The van der Waals surface area contributed by atoms with Crippen LogP contribution in [0, 0.1) is 0 Å². The molecule has 40 heavy (non-hydrogen) atoms. The van der Waals surface area contributed by atoms with Crippen molar-refractivity contribution in [2.75, 3.05) is 6.61 Å². The van der Waals surface area contributed by atoms with Gasteiger partial charge >= 0.3 is 11.6 Å². The maximum absolute atomic E-state index is 13.4. The Morgan fingerprint density at radius 1 is 0.925 bits per heavy atom. The number of phenols is 2. The molecule has 6 atom stereocenters. The van der Waals surface area contributed by atoms with Gasteiger partial charge in [0.05, 0.1) is 18.6 Å². The third-order valence-corrected chi connectivity index (χ3v) is 6.42. The van der Waals surface area contributed by atoms with Gasteiger partial charge in [0.25, 0.3) is 0 Å². The number of ether oxygens (including phenoxy) is 2. The highest BCUT2D eigenvalue weighted by molar-refractivity contribution is 5.70. The minimum absolute atomic E-state index is 0.0267. The molecule has 0 aliphatic carbocycles. The molecule has 212 valence electrons. The van der Waals surface area contributed by atoms with Crippen LogP contribution in [0.3, 0.4) is 0 Å². The van der Waals surface area contributed by atoms with Crippen molar-refractivity contribution in [3.8, 4) is 17.2 Å². The summed E-state index contributed by atoms with van der Waals surface area (Å²) in [6.07, 6.45) is -5.78. The second-order valence-corrected chi connectivity index (χ2v) is 9.20. The number of aliphatic hydroxyl groups excluding tert-OH is 4. The second-order valence-electron chi connectivity index (χ2n) is 9.20. The van der Waals surface area contributed by atoms with Crippen molar-refractivity contribution in [2.24, 2.45) is 0 Å². The first-order valence-electron chi connectivity index (χ1n) is 12.2. The number of benzene rings is 2. The van der Waals surface area contributed by atoms with Crippen LogP contribution in [0.1, 0.15) is 34.8 Å². The quantitative estimate of drug-likeness (QED) is 0.197. The van der Waals surface area contributed by atoms with E-state index in [0.717, 1.165) is 0 Å². The van der Waals surface area contributed by atoms with Gasteiger partial charge in [-0.1, -0.05) is 30.3 Å². The molecule has 3 aromatic rings. The van der Waals surface area contributed by atoms with Gasteiger partial charge in [-0.05, 0) is 41.5 Å². The Morgan fingerprint density at radius 2 is 1.55 bits per heavy atom. The zero-order chi connectivity index (χ0) is 29.0. The van der Waals surface area contributed by atoms with Crippen LogP contribution in [-0.2, 0) is 9.53 Å². The van der Waals surface area contributed by atoms with Gasteiger partial charge in [0.1, 0.15) is 47.4 Å². The average molecular weight is 557 g/mol. The lowest BCUT2D eigenvalue weighted by atomic mass is 9.88. The molecule has 1 aliphatic heterocycles. The van der Waals surface area contributed by atoms with Gasteiger partial charge in [-0.25, -0.2) is 4.79 Å². The summed E-state index contributed by atoms with van der Waals surface area (Å²) in [5, 5.41) is 69.2. The molecule has 7 N–H and O–H groups in total. The third-order valence-electron chi connectivity index (χ3n) is 6.42. The van der Waals surface area contributed by atoms with Gasteiger partial charge in [-0.2, -0.15) is 0 Å². The lowest BCUT2D eigenvalue weighted by Gasteiger charge is -2.39. The molecule has 2 aromatic carbocycles. The second kappa shape index (κ2) is 12.3. The number of carboxylic acid groups (broad SMARTS) is 1. The normalized spacial score (nSPS) is 23.6. The highest BCUT2D eigenvalue weighted by Crippen LogP contribution is 2.36. The van der Waals surface area contributed by atoms with E-state index >= 15 is 0 Å². The SMILES string of the molecule is O=C(O)C[C@H](c1ccc(O)cc1)c1c(O[C@@H]2O[C@H](CO)[C@@H](O)[C@H](O)[C@H]2O)cc(C=Cc2ccc(O)cc2)oc1=O. The largest absolute Gasteiger partial charge is 0.508 e. The summed E-state index contributed by atoms with van der Waals surface area (Å²) in [7, 11) is 0. The van der Waals surface area contributed by atoms with Gasteiger partial charge in [0.15, 0.2) is 0 Å².